The van der Waals surface area contributed by atoms with Crippen LogP contribution in [0.2, 0.25) is 0 Å². The lowest BCUT2D eigenvalue weighted by molar-refractivity contribution is 0.929. The van der Waals surface area contributed by atoms with Crippen molar-refractivity contribution in [2.45, 2.75) is 26.2 Å². The number of fused-ring (bicyclic) bond motifs is 1. The van der Waals surface area contributed by atoms with Gasteiger partial charge in [-0.15, -0.1) is 0 Å². The first-order valence-electron chi connectivity index (χ1n) is 4.69. The van der Waals surface area contributed by atoms with Crippen LogP contribution in [0.4, 0.5) is 0 Å². The van der Waals surface area contributed by atoms with Crippen LogP contribution in [0.3, 0.4) is 0 Å². The first kappa shape index (κ1) is 7.60. The second-order valence-corrected chi connectivity index (χ2v) is 3.37. The van der Waals surface area contributed by atoms with Crippen LogP contribution < -0.4 is 0 Å². The molecule has 0 bridgehead atoms. The summed E-state index contributed by atoms with van der Waals surface area (Å²) in [6.07, 6.45) is 14.9. The average molecular weight is 158 g/mol. The molecule has 2 rings (SSSR count). The number of hydrogen-bond acceptors (Lipinski definition) is 0. The molecule has 0 saturated heterocycles. The molecule has 0 atom stereocenters. The lowest BCUT2D eigenvalue weighted by Crippen LogP contribution is -1.82. The lowest BCUT2D eigenvalue weighted by atomic mass is 10.0. The maximum Gasteiger partial charge on any atom is -0.0157 e. The summed E-state index contributed by atoms with van der Waals surface area (Å²) >= 11 is 0. The summed E-state index contributed by atoms with van der Waals surface area (Å²) in [5.41, 5.74) is 4.33. The van der Waals surface area contributed by atoms with Gasteiger partial charge in [0.25, 0.3) is 0 Å². The molecular weight excluding hydrogens is 144 g/mol. The fourth-order valence-electron chi connectivity index (χ4n) is 1.75. The van der Waals surface area contributed by atoms with Gasteiger partial charge in [0.2, 0.25) is 0 Å². The topological polar surface area (TPSA) is 0 Å². The predicted molar refractivity (Wildman–Crippen MR) is 52.9 cm³/mol. The fourth-order valence-corrected chi connectivity index (χ4v) is 1.75. The quantitative estimate of drug-likeness (QED) is 0.576. The Morgan fingerprint density at radius 1 is 1.25 bits per heavy atom. The molecule has 2 aliphatic rings. The van der Waals surface area contributed by atoms with Crippen molar-refractivity contribution in [2.75, 3.05) is 0 Å². The van der Waals surface area contributed by atoms with Crippen molar-refractivity contribution in [3.63, 3.8) is 0 Å². The van der Waals surface area contributed by atoms with E-state index in [1.165, 1.54) is 29.6 Å². The van der Waals surface area contributed by atoms with Crippen LogP contribution in [-0.4, -0.2) is 0 Å². The highest BCUT2D eigenvalue weighted by atomic mass is 14.1. The molecule has 62 valence electrons. The van der Waals surface area contributed by atoms with E-state index in [9.17, 15) is 0 Å². The first-order valence-corrected chi connectivity index (χ1v) is 4.69. The Morgan fingerprint density at radius 3 is 2.92 bits per heavy atom. The Kier molecular flexibility index (Phi) is 1.99. The smallest absolute Gasteiger partial charge is 0.0157 e. The van der Waals surface area contributed by atoms with E-state index in [4.69, 9.17) is 0 Å². The monoisotopic (exact) mass is 158 g/mol. The molecule has 0 unspecified atom stereocenters. The van der Waals surface area contributed by atoms with Crippen LogP contribution in [0.15, 0.2) is 47.1 Å². The maximum absolute atomic E-state index is 2.32. The van der Waals surface area contributed by atoms with Crippen molar-refractivity contribution < 1.29 is 0 Å². The van der Waals surface area contributed by atoms with Gasteiger partial charge >= 0.3 is 0 Å². The van der Waals surface area contributed by atoms with Crippen LogP contribution >= 0.6 is 0 Å². The summed E-state index contributed by atoms with van der Waals surface area (Å²) < 4.78 is 0. The van der Waals surface area contributed by atoms with Gasteiger partial charge in [0, 0.05) is 0 Å². The van der Waals surface area contributed by atoms with E-state index in [0.717, 1.165) is 6.42 Å². The fraction of sp³-hybridized carbons (Fsp3) is 0.333. The molecule has 0 N–H and O–H groups in total. The predicted octanol–water partition coefficient (Wildman–Crippen LogP) is 3.54. The third-order valence-electron chi connectivity index (χ3n) is 2.33. The molecule has 0 aliphatic heterocycles. The van der Waals surface area contributed by atoms with Crippen molar-refractivity contribution in [1.82, 2.24) is 0 Å². The average Bonchev–Trinajstić information content (AvgIpc) is 2.47. The van der Waals surface area contributed by atoms with E-state index in [0.29, 0.717) is 0 Å². The molecule has 0 spiro atoms. The van der Waals surface area contributed by atoms with Gasteiger partial charge in [0.05, 0.1) is 0 Å². The largest absolute Gasteiger partial charge is 0.0801 e. The second kappa shape index (κ2) is 3.14. The van der Waals surface area contributed by atoms with E-state index >= 15 is 0 Å². The highest BCUT2D eigenvalue weighted by Crippen LogP contribution is 2.29. The molecular formula is C12H14. The van der Waals surface area contributed by atoms with Gasteiger partial charge in [-0.1, -0.05) is 43.7 Å². The minimum Gasteiger partial charge on any atom is -0.0801 e. The van der Waals surface area contributed by atoms with Gasteiger partial charge < -0.3 is 0 Å². The third-order valence-corrected chi connectivity index (χ3v) is 2.33. The van der Waals surface area contributed by atoms with E-state index in [1.54, 1.807) is 0 Å². The van der Waals surface area contributed by atoms with Gasteiger partial charge in [0.15, 0.2) is 0 Å². The Balaban J connectivity index is 2.22. The van der Waals surface area contributed by atoms with Gasteiger partial charge in [0.1, 0.15) is 0 Å². The standard InChI is InChI=1S/C12H14/c1-2-5-10-8-11-6-3-4-7-12(11)9-10/h3,6-9H,2,4-5H2,1H3. The molecule has 12 heavy (non-hydrogen) atoms. The van der Waals surface area contributed by atoms with E-state index in [1.807, 2.05) is 0 Å². The molecule has 0 heteroatoms. The molecule has 0 aromatic carbocycles. The normalized spacial score (nSPS) is 19.9. The second-order valence-electron chi connectivity index (χ2n) is 3.37. The van der Waals surface area contributed by atoms with Crippen LogP contribution in [0.1, 0.15) is 26.2 Å². The number of hydrogen-bond donors (Lipinski definition) is 0. The van der Waals surface area contributed by atoms with Crippen molar-refractivity contribution in [1.29, 1.82) is 0 Å². The van der Waals surface area contributed by atoms with Crippen molar-refractivity contribution >= 4 is 0 Å². The summed E-state index contributed by atoms with van der Waals surface area (Å²) in [6, 6.07) is 0. The van der Waals surface area contributed by atoms with Crippen molar-refractivity contribution in [2.24, 2.45) is 0 Å². The minimum absolute atomic E-state index is 1.10. The van der Waals surface area contributed by atoms with Crippen LogP contribution in [-0.2, 0) is 0 Å². The summed E-state index contributed by atoms with van der Waals surface area (Å²) in [5.74, 6) is 0. The zero-order valence-electron chi connectivity index (χ0n) is 7.51. The third kappa shape index (κ3) is 1.29. The van der Waals surface area contributed by atoms with Gasteiger partial charge in [-0.3, -0.25) is 0 Å². The maximum atomic E-state index is 2.32. The molecule has 0 heterocycles. The molecule has 0 nitrogen and oxygen atoms in total. The molecule has 0 aromatic rings. The zero-order valence-corrected chi connectivity index (χ0v) is 7.51. The SMILES string of the molecule is CCCC1=CC2=CCC=CC2=C1. The van der Waals surface area contributed by atoms with Crippen LogP contribution in [0, 0.1) is 0 Å². The number of rotatable bonds is 2. The van der Waals surface area contributed by atoms with E-state index in [-0.39, 0.29) is 0 Å². The Morgan fingerprint density at radius 2 is 2.17 bits per heavy atom. The van der Waals surface area contributed by atoms with Crippen LogP contribution in [0.25, 0.3) is 0 Å². The first-order chi connectivity index (χ1) is 5.90. The van der Waals surface area contributed by atoms with Gasteiger partial charge in [-0.05, 0) is 29.6 Å². The highest BCUT2D eigenvalue weighted by Gasteiger charge is 2.10. The van der Waals surface area contributed by atoms with Gasteiger partial charge in [-0.25, -0.2) is 0 Å². The Labute approximate surface area is 74.0 Å². The number of allylic oxidation sites excluding steroid dienone is 8. The zero-order chi connectivity index (χ0) is 8.39. The molecule has 0 saturated carbocycles. The van der Waals surface area contributed by atoms with Gasteiger partial charge in [-0.2, -0.15) is 0 Å². The molecule has 0 radical (unpaired) electrons. The summed E-state index contributed by atoms with van der Waals surface area (Å²) in [5, 5.41) is 0. The van der Waals surface area contributed by atoms with Crippen LogP contribution in [0.5, 0.6) is 0 Å². The van der Waals surface area contributed by atoms with E-state index < -0.39 is 0 Å². The van der Waals surface area contributed by atoms with E-state index in [2.05, 4.69) is 37.3 Å². The molecule has 0 fully saturated rings. The summed E-state index contributed by atoms with van der Waals surface area (Å²) in [6.45, 7) is 2.23. The Hall–Kier alpha value is -1.04. The highest BCUT2D eigenvalue weighted by molar-refractivity contribution is 5.59. The lowest BCUT2D eigenvalue weighted by Gasteiger charge is -2.01. The Bertz CT molecular complexity index is 298. The van der Waals surface area contributed by atoms with Crippen molar-refractivity contribution in [3.8, 4) is 0 Å². The summed E-state index contributed by atoms with van der Waals surface area (Å²) in [4.78, 5) is 0. The summed E-state index contributed by atoms with van der Waals surface area (Å²) in [7, 11) is 0. The minimum atomic E-state index is 1.10. The van der Waals surface area contributed by atoms with Crippen molar-refractivity contribution in [3.05, 3.63) is 47.1 Å². The molecule has 2 aliphatic carbocycles. The molecule has 0 amide bonds. The molecule has 0 aromatic heterocycles.